The molecule has 0 unspecified atom stereocenters. The molecule has 0 bridgehead atoms. The van der Waals surface area contributed by atoms with Gasteiger partial charge in [0.05, 0.1) is 5.02 Å². The molecule has 0 aliphatic rings. The zero-order chi connectivity index (χ0) is 13.2. The summed E-state index contributed by atoms with van der Waals surface area (Å²) in [4.78, 5) is 3.63. The molecular formula is C11H8ClFN2O2S. The van der Waals surface area contributed by atoms with Crippen LogP contribution in [0.3, 0.4) is 0 Å². The van der Waals surface area contributed by atoms with E-state index in [0.717, 1.165) is 18.2 Å². The van der Waals surface area contributed by atoms with Gasteiger partial charge in [-0.1, -0.05) is 17.7 Å². The van der Waals surface area contributed by atoms with Gasteiger partial charge in [-0.3, -0.25) is 4.72 Å². The third-order valence-corrected chi connectivity index (χ3v) is 3.92. The van der Waals surface area contributed by atoms with Gasteiger partial charge in [-0.05, 0) is 30.3 Å². The molecule has 0 saturated carbocycles. The normalized spacial score (nSPS) is 11.2. The van der Waals surface area contributed by atoms with E-state index in [4.69, 9.17) is 11.6 Å². The van der Waals surface area contributed by atoms with Crippen LogP contribution in [-0.2, 0) is 10.0 Å². The van der Waals surface area contributed by atoms with Crippen LogP contribution in [0, 0.1) is 5.82 Å². The number of hydrogen-bond donors (Lipinski definition) is 1. The first kappa shape index (κ1) is 12.8. The molecule has 0 fully saturated rings. The molecule has 94 valence electrons. The van der Waals surface area contributed by atoms with Crippen molar-refractivity contribution >= 4 is 27.4 Å². The molecule has 0 spiro atoms. The Bertz CT molecular complexity index is 662. The highest BCUT2D eigenvalue weighted by Gasteiger charge is 2.18. The van der Waals surface area contributed by atoms with Crippen molar-refractivity contribution in [2.24, 2.45) is 0 Å². The summed E-state index contributed by atoms with van der Waals surface area (Å²) < 4.78 is 39.1. The summed E-state index contributed by atoms with van der Waals surface area (Å²) in [5.41, 5.74) is 0. The molecule has 4 nitrogen and oxygen atoms in total. The van der Waals surface area contributed by atoms with Gasteiger partial charge in [-0.25, -0.2) is 17.8 Å². The van der Waals surface area contributed by atoms with Crippen molar-refractivity contribution in [2.75, 3.05) is 4.72 Å². The van der Waals surface area contributed by atoms with Gasteiger partial charge in [0.25, 0.3) is 10.0 Å². The Morgan fingerprint density at radius 1 is 1.22 bits per heavy atom. The lowest BCUT2D eigenvalue weighted by Crippen LogP contribution is -2.14. The second kappa shape index (κ2) is 4.91. The first-order valence-corrected chi connectivity index (χ1v) is 6.74. The Hall–Kier alpha value is -1.66. The fraction of sp³-hybridized carbons (Fsp3) is 0. The van der Waals surface area contributed by atoms with Crippen LogP contribution in [0.1, 0.15) is 0 Å². The fourth-order valence-electron chi connectivity index (χ4n) is 1.31. The number of pyridine rings is 1. The monoisotopic (exact) mass is 286 g/mol. The van der Waals surface area contributed by atoms with E-state index in [1.807, 2.05) is 0 Å². The number of nitrogens with one attached hydrogen (secondary N) is 1. The second-order valence-electron chi connectivity index (χ2n) is 3.40. The molecule has 0 amide bonds. The molecule has 1 aromatic carbocycles. The highest BCUT2D eigenvalue weighted by molar-refractivity contribution is 7.92. The molecule has 0 aliphatic carbocycles. The predicted molar refractivity (Wildman–Crippen MR) is 66.5 cm³/mol. The molecule has 0 radical (unpaired) electrons. The lowest BCUT2D eigenvalue weighted by Gasteiger charge is -2.08. The summed E-state index contributed by atoms with van der Waals surface area (Å²) in [6, 6.07) is 7.85. The second-order valence-corrected chi connectivity index (χ2v) is 5.45. The van der Waals surface area contributed by atoms with Gasteiger partial charge in [-0.15, -0.1) is 0 Å². The first-order chi connectivity index (χ1) is 8.49. The number of anilines is 1. The van der Waals surface area contributed by atoms with Crippen molar-refractivity contribution in [3.8, 4) is 0 Å². The lowest BCUT2D eigenvalue weighted by molar-refractivity contribution is 0.599. The van der Waals surface area contributed by atoms with Gasteiger partial charge >= 0.3 is 0 Å². The van der Waals surface area contributed by atoms with E-state index in [9.17, 15) is 12.8 Å². The van der Waals surface area contributed by atoms with Gasteiger partial charge < -0.3 is 0 Å². The molecule has 7 heteroatoms. The minimum Gasteiger partial charge on any atom is -0.263 e. The molecule has 0 aliphatic heterocycles. The number of rotatable bonds is 3. The summed E-state index contributed by atoms with van der Waals surface area (Å²) >= 11 is 5.70. The minimum absolute atomic E-state index is 0.165. The highest BCUT2D eigenvalue weighted by atomic mass is 35.5. The van der Waals surface area contributed by atoms with Crippen LogP contribution in [0.5, 0.6) is 0 Å². The number of aromatic nitrogens is 1. The number of sulfonamides is 1. The molecular weight excluding hydrogens is 279 g/mol. The minimum atomic E-state index is -3.87. The van der Waals surface area contributed by atoms with Crippen LogP contribution in [0.4, 0.5) is 10.2 Å². The average molecular weight is 287 g/mol. The molecule has 1 heterocycles. The van der Waals surface area contributed by atoms with Crippen molar-refractivity contribution in [1.82, 2.24) is 4.98 Å². The summed E-state index contributed by atoms with van der Waals surface area (Å²) in [6.45, 7) is 0. The van der Waals surface area contributed by atoms with Crippen LogP contribution in [0.15, 0.2) is 47.5 Å². The summed E-state index contributed by atoms with van der Waals surface area (Å²) in [6.07, 6.45) is 1.45. The standard InChI is InChI=1S/C11H8ClFN2O2S/c12-9-7-8(13)4-5-10(9)18(16,17)15-11-3-1-2-6-14-11/h1-7H,(H,14,15). The third kappa shape index (κ3) is 2.77. The SMILES string of the molecule is O=S(=O)(Nc1ccccn1)c1ccc(F)cc1Cl. The molecule has 18 heavy (non-hydrogen) atoms. The van der Waals surface area contributed by atoms with E-state index in [-0.39, 0.29) is 15.7 Å². The quantitative estimate of drug-likeness (QED) is 0.944. The Morgan fingerprint density at radius 3 is 2.61 bits per heavy atom. The van der Waals surface area contributed by atoms with E-state index in [0.29, 0.717) is 0 Å². The highest BCUT2D eigenvalue weighted by Crippen LogP contribution is 2.23. The maximum atomic E-state index is 12.9. The zero-order valence-electron chi connectivity index (χ0n) is 8.97. The predicted octanol–water partition coefficient (Wildman–Crippen LogP) is 2.67. The molecule has 2 rings (SSSR count). The van der Waals surface area contributed by atoms with Crippen molar-refractivity contribution < 1.29 is 12.8 Å². The van der Waals surface area contributed by atoms with Crippen LogP contribution in [-0.4, -0.2) is 13.4 Å². The Kier molecular flexibility index (Phi) is 3.49. The van der Waals surface area contributed by atoms with Crippen LogP contribution >= 0.6 is 11.6 Å². The van der Waals surface area contributed by atoms with Crippen molar-refractivity contribution in [1.29, 1.82) is 0 Å². The van der Waals surface area contributed by atoms with Crippen LogP contribution in [0.25, 0.3) is 0 Å². The van der Waals surface area contributed by atoms with Crippen LogP contribution < -0.4 is 4.72 Å². The van der Waals surface area contributed by atoms with Gasteiger partial charge in [0.1, 0.15) is 16.5 Å². The largest absolute Gasteiger partial charge is 0.264 e. The Balaban J connectivity index is 2.37. The van der Waals surface area contributed by atoms with Gasteiger partial charge in [0, 0.05) is 6.20 Å². The fourth-order valence-corrected chi connectivity index (χ4v) is 2.85. The van der Waals surface area contributed by atoms with Crippen molar-refractivity contribution in [3.63, 3.8) is 0 Å². The van der Waals surface area contributed by atoms with E-state index >= 15 is 0 Å². The topological polar surface area (TPSA) is 59.1 Å². The first-order valence-electron chi connectivity index (χ1n) is 4.88. The zero-order valence-corrected chi connectivity index (χ0v) is 10.5. The smallest absolute Gasteiger partial charge is 0.263 e. The van der Waals surface area contributed by atoms with E-state index in [1.165, 1.54) is 12.3 Å². The van der Waals surface area contributed by atoms with Gasteiger partial charge in [0.2, 0.25) is 0 Å². The summed E-state index contributed by atoms with van der Waals surface area (Å²) in [5.74, 6) is -0.435. The molecule has 1 aromatic heterocycles. The average Bonchev–Trinajstić information content (AvgIpc) is 2.29. The number of halogens is 2. The Labute approximate surface area is 108 Å². The van der Waals surface area contributed by atoms with Crippen LogP contribution in [0.2, 0.25) is 5.02 Å². The number of benzene rings is 1. The number of nitrogens with zero attached hydrogens (tertiary/aromatic N) is 1. The molecule has 2 aromatic rings. The lowest BCUT2D eigenvalue weighted by atomic mass is 10.3. The van der Waals surface area contributed by atoms with E-state index in [2.05, 4.69) is 9.71 Å². The van der Waals surface area contributed by atoms with E-state index < -0.39 is 15.8 Å². The number of hydrogen-bond acceptors (Lipinski definition) is 3. The molecule has 1 N–H and O–H groups in total. The third-order valence-electron chi connectivity index (χ3n) is 2.09. The van der Waals surface area contributed by atoms with Crippen molar-refractivity contribution in [2.45, 2.75) is 4.90 Å². The molecule has 0 saturated heterocycles. The van der Waals surface area contributed by atoms with Gasteiger partial charge in [-0.2, -0.15) is 0 Å². The van der Waals surface area contributed by atoms with E-state index in [1.54, 1.807) is 12.1 Å². The van der Waals surface area contributed by atoms with Gasteiger partial charge in [0.15, 0.2) is 0 Å². The summed E-state index contributed by atoms with van der Waals surface area (Å²) in [7, 11) is -3.87. The van der Waals surface area contributed by atoms with Crippen molar-refractivity contribution in [3.05, 3.63) is 53.4 Å². The Morgan fingerprint density at radius 2 is 2.00 bits per heavy atom. The maximum Gasteiger partial charge on any atom is 0.264 e. The maximum absolute atomic E-state index is 12.9. The molecule has 0 atom stereocenters. The summed E-state index contributed by atoms with van der Waals surface area (Å²) in [5, 5.41) is -0.182.